The Kier molecular flexibility index (Phi) is 3.62. The number of nitrogens with two attached hydrogens (primary N) is 1. The van der Waals surface area contributed by atoms with Gasteiger partial charge in [0.2, 0.25) is 0 Å². The molecular formula is C14H16F3N3O. The van der Waals surface area contributed by atoms with E-state index in [1.807, 2.05) is 0 Å². The number of benzene rings is 1. The molecule has 1 saturated heterocycles. The number of hydrogen-bond donors (Lipinski definition) is 1. The number of hydrogen-bond acceptors (Lipinski definition) is 3. The minimum absolute atomic E-state index is 0.0393. The number of alkyl halides is 3. The summed E-state index contributed by atoms with van der Waals surface area (Å²) in [5.41, 5.74) is 5.75. The fourth-order valence-corrected chi connectivity index (χ4v) is 2.70. The average molecular weight is 299 g/mol. The summed E-state index contributed by atoms with van der Waals surface area (Å²) in [5.74, 6) is 0. The molecule has 2 aromatic rings. The van der Waals surface area contributed by atoms with Gasteiger partial charge in [-0.3, -0.25) is 0 Å². The van der Waals surface area contributed by atoms with E-state index >= 15 is 0 Å². The lowest BCUT2D eigenvalue weighted by molar-refractivity contribution is -0.137. The van der Waals surface area contributed by atoms with Crippen molar-refractivity contribution in [2.45, 2.75) is 38.2 Å². The third-order valence-corrected chi connectivity index (χ3v) is 3.78. The summed E-state index contributed by atoms with van der Waals surface area (Å²) in [4.78, 5) is 0. The fourth-order valence-electron chi connectivity index (χ4n) is 2.70. The minimum Gasteiger partial charge on any atom is -0.356 e. The molecule has 2 heterocycles. The Bertz CT molecular complexity index is 645. The summed E-state index contributed by atoms with van der Waals surface area (Å²) < 4.78 is 46.2. The van der Waals surface area contributed by atoms with Crippen molar-refractivity contribution in [3.05, 3.63) is 29.5 Å². The molecule has 7 heteroatoms. The van der Waals surface area contributed by atoms with Gasteiger partial charge in [0.25, 0.3) is 0 Å². The lowest BCUT2D eigenvalue weighted by Gasteiger charge is -2.23. The predicted molar refractivity (Wildman–Crippen MR) is 71.5 cm³/mol. The van der Waals surface area contributed by atoms with Crippen LogP contribution in [0.3, 0.4) is 0 Å². The zero-order chi connectivity index (χ0) is 15.0. The number of halogens is 3. The highest BCUT2D eigenvalue weighted by Gasteiger charge is 2.32. The van der Waals surface area contributed by atoms with Crippen LogP contribution < -0.4 is 5.73 Å². The van der Waals surface area contributed by atoms with Gasteiger partial charge < -0.3 is 10.5 Å². The molecule has 3 rings (SSSR count). The van der Waals surface area contributed by atoms with Crippen molar-refractivity contribution in [3.63, 3.8) is 0 Å². The maximum Gasteiger partial charge on any atom is 0.416 e. The van der Waals surface area contributed by atoms with Gasteiger partial charge in [-0.1, -0.05) is 0 Å². The second kappa shape index (κ2) is 5.31. The molecule has 0 bridgehead atoms. The largest absolute Gasteiger partial charge is 0.416 e. The second-order valence-electron chi connectivity index (χ2n) is 5.18. The van der Waals surface area contributed by atoms with Crippen LogP contribution in [0.2, 0.25) is 0 Å². The van der Waals surface area contributed by atoms with Crippen LogP contribution in [-0.4, -0.2) is 16.4 Å². The Morgan fingerprint density at radius 1 is 1.33 bits per heavy atom. The fraction of sp³-hybridized carbons (Fsp3) is 0.500. The Labute approximate surface area is 119 Å². The number of aromatic nitrogens is 2. The van der Waals surface area contributed by atoms with Crippen molar-refractivity contribution in [2.24, 2.45) is 5.73 Å². The Balaban J connectivity index is 2.14. The van der Waals surface area contributed by atoms with Crippen molar-refractivity contribution in [3.8, 4) is 0 Å². The molecule has 1 aliphatic heterocycles. The van der Waals surface area contributed by atoms with E-state index < -0.39 is 11.7 Å². The zero-order valence-corrected chi connectivity index (χ0v) is 11.4. The third kappa shape index (κ3) is 2.63. The molecule has 1 aliphatic rings. The quantitative estimate of drug-likeness (QED) is 0.926. The molecule has 1 fully saturated rings. The van der Waals surface area contributed by atoms with Crippen molar-refractivity contribution in [2.75, 3.05) is 6.61 Å². The average Bonchev–Trinajstić information content (AvgIpc) is 2.90. The summed E-state index contributed by atoms with van der Waals surface area (Å²) in [5, 5.41) is 4.87. The first-order chi connectivity index (χ1) is 10.0. The molecule has 2 N–H and O–H groups in total. The first-order valence-electron chi connectivity index (χ1n) is 6.89. The van der Waals surface area contributed by atoms with Crippen molar-refractivity contribution >= 4 is 10.9 Å². The first kappa shape index (κ1) is 14.3. The maximum atomic E-state index is 13.0. The van der Waals surface area contributed by atoms with E-state index in [0.29, 0.717) is 23.1 Å². The normalized spacial score (nSPS) is 20.1. The summed E-state index contributed by atoms with van der Waals surface area (Å²) in [6.07, 6.45) is -0.432. The van der Waals surface area contributed by atoms with E-state index in [1.165, 1.54) is 0 Å². The van der Waals surface area contributed by atoms with Crippen molar-refractivity contribution in [1.29, 1.82) is 0 Å². The Morgan fingerprint density at radius 2 is 2.14 bits per heavy atom. The van der Waals surface area contributed by atoms with E-state index in [1.54, 1.807) is 10.9 Å². The SMILES string of the molecule is NCc1cc(C(F)(F)F)cc2c1cnn2C1CCCCO1. The van der Waals surface area contributed by atoms with Crippen molar-refractivity contribution < 1.29 is 17.9 Å². The van der Waals surface area contributed by atoms with Gasteiger partial charge in [0.1, 0.15) is 0 Å². The molecular weight excluding hydrogens is 283 g/mol. The molecule has 114 valence electrons. The number of fused-ring (bicyclic) bond motifs is 1. The van der Waals surface area contributed by atoms with Crippen molar-refractivity contribution in [1.82, 2.24) is 9.78 Å². The Hall–Kier alpha value is -1.60. The van der Waals surface area contributed by atoms with Gasteiger partial charge in [-0.15, -0.1) is 0 Å². The maximum absolute atomic E-state index is 13.0. The van der Waals surface area contributed by atoms with Gasteiger partial charge in [-0.2, -0.15) is 18.3 Å². The van der Waals surface area contributed by atoms with Crippen LogP contribution in [-0.2, 0) is 17.5 Å². The van der Waals surface area contributed by atoms with Crippen LogP contribution in [0.1, 0.15) is 36.6 Å². The summed E-state index contributed by atoms with van der Waals surface area (Å²) in [6.45, 7) is 0.645. The first-order valence-corrected chi connectivity index (χ1v) is 6.89. The van der Waals surface area contributed by atoms with Crippen LogP contribution in [0.5, 0.6) is 0 Å². The molecule has 1 aromatic carbocycles. The van der Waals surface area contributed by atoms with Crippen LogP contribution >= 0.6 is 0 Å². The molecule has 1 aromatic heterocycles. The molecule has 0 amide bonds. The molecule has 0 radical (unpaired) electrons. The molecule has 0 saturated carbocycles. The summed E-state index contributed by atoms with van der Waals surface area (Å²) >= 11 is 0. The number of rotatable bonds is 2. The highest BCUT2D eigenvalue weighted by Crippen LogP contribution is 2.35. The van der Waals surface area contributed by atoms with Crippen LogP contribution in [0.15, 0.2) is 18.3 Å². The van der Waals surface area contributed by atoms with E-state index in [2.05, 4.69) is 5.10 Å². The van der Waals surface area contributed by atoms with E-state index in [-0.39, 0.29) is 12.8 Å². The van der Waals surface area contributed by atoms with E-state index in [9.17, 15) is 13.2 Å². The topological polar surface area (TPSA) is 53.1 Å². The van der Waals surface area contributed by atoms with E-state index in [4.69, 9.17) is 10.5 Å². The lowest BCUT2D eigenvalue weighted by atomic mass is 10.1. The molecule has 4 nitrogen and oxygen atoms in total. The lowest BCUT2D eigenvalue weighted by Crippen LogP contribution is -2.19. The van der Waals surface area contributed by atoms with Gasteiger partial charge in [0, 0.05) is 18.5 Å². The van der Waals surface area contributed by atoms with Crippen LogP contribution in [0.25, 0.3) is 10.9 Å². The molecule has 21 heavy (non-hydrogen) atoms. The highest BCUT2D eigenvalue weighted by molar-refractivity contribution is 5.83. The van der Waals surface area contributed by atoms with Gasteiger partial charge in [-0.05, 0) is 37.0 Å². The highest BCUT2D eigenvalue weighted by atomic mass is 19.4. The number of ether oxygens (including phenoxy) is 1. The monoisotopic (exact) mass is 299 g/mol. The zero-order valence-electron chi connectivity index (χ0n) is 11.4. The van der Waals surface area contributed by atoms with Crippen LogP contribution in [0, 0.1) is 0 Å². The van der Waals surface area contributed by atoms with Gasteiger partial charge >= 0.3 is 6.18 Å². The van der Waals surface area contributed by atoms with Gasteiger partial charge in [0.05, 0.1) is 17.3 Å². The van der Waals surface area contributed by atoms with Crippen LogP contribution in [0.4, 0.5) is 13.2 Å². The Morgan fingerprint density at radius 3 is 2.76 bits per heavy atom. The van der Waals surface area contributed by atoms with Gasteiger partial charge in [-0.25, -0.2) is 4.68 Å². The number of nitrogens with zero attached hydrogens (tertiary/aromatic N) is 2. The predicted octanol–water partition coefficient (Wildman–Crippen LogP) is 3.21. The van der Waals surface area contributed by atoms with Gasteiger partial charge in [0.15, 0.2) is 6.23 Å². The summed E-state index contributed by atoms with van der Waals surface area (Å²) in [7, 11) is 0. The second-order valence-corrected chi connectivity index (χ2v) is 5.18. The minimum atomic E-state index is -4.40. The smallest absolute Gasteiger partial charge is 0.356 e. The summed E-state index contributed by atoms with van der Waals surface area (Å²) in [6, 6.07) is 2.22. The molecule has 1 unspecified atom stereocenters. The molecule has 0 aliphatic carbocycles. The molecule has 1 atom stereocenters. The third-order valence-electron chi connectivity index (χ3n) is 3.78. The standard InChI is InChI=1S/C14H16F3N3O/c15-14(16,17)10-5-9(7-18)11-8-19-20(12(11)6-10)13-3-1-2-4-21-13/h5-6,8,13H,1-4,7,18H2. The van der Waals surface area contributed by atoms with E-state index in [0.717, 1.165) is 31.4 Å². The molecule has 0 spiro atoms.